The lowest BCUT2D eigenvalue weighted by Gasteiger charge is -2.09. The highest BCUT2D eigenvalue weighted by Crippen LogP contribution is 2.24. The lowest BCUT2D eigenvalue weighted by atomic mass is 10.1. The van der Waals surface area contributed by atoms with Gasteiger partial charge in [0.1, 0.15) is 17.4 Å². The van der Waals surface area contributed by atoms with Crippen LogP contribution in [0.4, 0.5) is 11.5 Å². The highest BCUT2D eigenvalue weighted by molar-refractivity contribution is 6.33. The number of nitro groups is 1. The van der Waals surface area contributed by atoms with Crippen LogP contribution in [-0.2, 0) is 13.2 Å². The average molecular weight is 511 g/mol. The van der Waals surface area contributed by atoms with Crippen LogP contribution in [0.2, 0.25) is 10.0 Å². The van der Waals surface area contributed by atoms with Gasteiger partial charge in [-0.2, -0.15) is 5.10 Å². The molecule has 0 aliphatic heterocycles. The van der Waals surface area contributed by atoms with E-state index < -0.39 is 4.92 Å². The predicted molar refractivity (Wildman–Crippen MR) is 134 cm³/mol. The van der Waals surface area contributed by atoms with E-state index in [1.165, 1.54) is 6.07 Å². The number of ether oxygens (including phenoxy) is 1. The minimum Gasteiger partial charge on any atom is -0.489 e. The molecule has 0 saturated heterocycles. The summed E-state index contributed by atoms with van der Waals surface area (Å²) in [6.07, 6.45) is 1.64. The van der Waals surface area contributed by atoms with Gasteiger partial charge in [-0.25, -0.2) is 0 Å². The molecule has 1 heterocycles. The number of aromatic nitrogens is 2. The molecule has 0 bridgehead atoms. The van der Waals surface area contributed by atoms with Crippen LogP contribution in [-0.4, -0.2) is 20.6 Å². The Labute approximate surface area is 211 Å². The zero-order valence-corrected chi connectivity index (χ0v) is 20.1. The van der Waals surface area contributed by atoms with E-state index in [1.807, 2.05) is 18.2 Å². The van der Waals surface area contributed by atoms with Crippen molar-refractivity contribution in [2.75, 3.05) is 5.32 Å². The number of nitro benzene ring substituents is 1. The van der Waals surface area contributed by atoms with E-state index >= 15 is 0 Å². The normalized spacial score (nSPS) is 10.7. The molecule has 0 aliphatic carbocycles. The van der Waals surface area contributed by atoms with Crippen LogP contribution in [0.1, 0.15) is 27.0 Å². The van der Waals surface area contributed by atoms with Crippen LogP contribution in [0.15, 0.2) is 72.9 Å². The largest absolute Gasteiger partial charge is 0.489 e. The SMILES string of the molecule is Cc1cc(OCc2cccc(C(=O)Nc3nn(Cc4ccc(Cl)cc4)cc3Cl)c2)ccc1[N+](=O)[O-]. The number of nitrogens with zero attached hydrogens (tertiary/aromatic N) is 3. The first-order valence-electron chi connectivity index (χ1n) is 10.5. The van der Waals surface area contributed by atoms with Gasteiger partial charge in [-0.05, 0) is 54.4 Å². The molecule has 0 saturated carbocycles. The summed E-state index contributed by atoms with van der Waals surface area (Å²) < 4.78 is 7.38. The Morgan fingerprint density at radius 2 is 1.86 bits per heavy atom. The Morgan fingerprint density at radius 1 is 1.09 bits per heavy atom. The third kappa shape index (κ3) is 6.17. The van der Waals surface area contributed by atoms with Crippen LogP contribution in [0, 0.1) is 17.0 Å². The second kappa shape index (κ2) is 10.6. The lowest BCUT2D eigenvalue weighted by molar-refractivity contribution is -0.385. The molecule has 4 aromatic rings. The highest BCUT2D eigenvalue weighted by Gasteiger charge is 2.14. The number of nitrogens with one attached hydrogen (secondary N) is 1. The van der Waals surface area contributed by atoms with Gasteiger partial charge in [0.25, 0.3) is 11.6 Å². The van der Waals surface area contributed by atoms with Crippen LogP contribution in [0.25, 0.3) is 0 Å². The number of anilines is 1. The summed E-state index contributed by atoms with van der Waals surface area (Å²) in [7, 11) is 0. The highest BCUT2D eigenvalue weighted by atomic mass is 35.5. The van der Waals surface area contributed by atoms with Crippen molar-refractivity contribution in [3.8, 4) is 5.75 Å². The molecule has 3 aromatic carbocycles. The molecular formula is C25H20Cl2N4O4. The maximum atomic E-state index is 12.8. The smallest absolute Gasteiger partial charge is 0.272 e. The number of halogens is 2. The number of carbonyl (C=O) groups is 1. The van der Waals surface area contributed by atoms with Crippen molar-refractivity contribution in [1.29, 1.82) is 0 Å². The summed E-state index contributed by atoms with van der Waals surface area (Å²) in [5, 5.41) is 19.0. The molecule has 0 unspecified atom stereocenters. The number of amides is 1. The number of hydrogen-bond donors (Lipinski definition) is 1. The van der Waals surface area contributed by atoms with E-state index in [0.29, 0.717) is 33.5 Å². The molecule has 0 fully saturated rings. The fourth-order valence-electron chi connectivity index (χ4n) is 3.41. The Hall–Kier alpha value is -3.88. The molecule has 10 heteroatoms. The molecule has 0 atom stereocenters. The summed E-state index contributed by atoms with van der Waals surface area (Å²) in [4.78, 5) is 23.3. The van der Waals surface area contributed by atoms with Crippen molar-refractivity contribution in [2.45, 2.75) is 20.1 Å². The summed E-state index contributed by atoms with van der Waals surface area (Å²) in [5.41, 5.74) is 2.70. The number of aryl methyl sites for hydroxylation is 1. The third-order valence-corrected chi connectivity index (χ3v) is 5.69. The zero-order chi connectivity index (χ0) is 24.9. The fourth-order valence-corrected chi connectivity index (χ4v) is 3.73. The summed E-state index contributed by atoms with van der Waals surface area (Å²) >= 11 is 12.2. The predicted octanol–water partition coefficient (Wildman–Crippen LogP) is 6.29. The molecule has 178 valence electrons. The third-order valence-electron chi connectivity index (χ3n) is 5.17. The first-order chi connectivity index (χ1) is 16.8. The van der Waals surface area contributed by atoms with E-state index in [2.05, 4.69) is 10.4 Å². The second-order valence-electron chi connectivity index (χ2n) is 7.80. The Kier molecular flexibility index (Phi) is 7.33. The summed E-state index contributed by atoms with van der Waals surface area (Å²) in [6, 6.07) is 18.9. The minimum atomic E-state index is -0.436. The molecule has 0 spiro atoms. The van der Waals surface area contributed by atoms with Gasteiger partial charge >= 0.3 is 0 Å². The Balaban J connectivity index is 1.40. The maximum absolute atomic E-state index is 12.8. The molecule has 8 nitrogen and oxygen atoms in total. The lowest BCUT2D eigenvalue weighted by Crippen LogP contribution is -2.13. The quantitative estimate of drug-likeness (QED) is 0.222. The van der Waals surface area contributed by atoms with E-state index in [1.54, 1.807) is 60.3 Å². The van der Waals surface area contributed by atoms with Gasteiger partial charge in [0.2, 0.25) is 0 Å². The monoisotopic (exact) mass is 510 g/mol. The Morgan fingerprint density at radius 3 is 2.57 bits per heavy atom. The number of hydrogen-bond acceptors (Lipinski definition) is 5. The van der Waals surface area contributed by atoms with Crippen molar-refractivity contribution >= 4 is 40.6 Å². The Bertz CT molecular complexity index is 1390. The molecule has 4 rings (SSSR count). The van der Waals surface area contributed by atoms with E-state index in [0.717, 1.165) is 11.1 Å². The average Bonchev–Trinajstić information content (AvgIpc) is 3.17. The molecular weight excluding hydrogens is 491 g/mol. The number of rotatable bonds is 8. The number of carbonyl (C=O) groups excluding carboxylic acids is 1. The van der Waals surface area contributed by atoms with E-state index in [-0.39, 0.29) is 24.0 Å². The van der Waals surface area contributed by atoms with Gasteiger partial charge in [0, 0.05) is 28.4 Å². The van der Waals surface area contributed by atoms with Gasteiger partial charge in [0.15, 0.2) is 5.82 Å². The molecule has 1 aromatic heterocycles. The topological polar surface area (TPSA) is 99.3 Å². The van der Waals surface area contributed by atoms with Crippen molar-refractivity contribution in [3.63, 3.8) is 0 Å². The fraction of sp³-hybridized carbons (Fsp3) is 0.120. The van der Waals surface area contributed by atoms with Crippen LogP contribution in [0.3, 0.4) is 0 Å². The zero-order valence-electron chi connectivity index (χ0n) is 18.6. The molecule has 0 radical (unpaired) electrons. The van der Waals surface area contributed by atoms with Gasteiger partial charge in [-0.3, -0.25) is 19.6 Å². The van der Waals surface area contributed by atoms with Crippen LogP contribution < -0.4 is 10.1 Å². The molecule has 1 amide bonds. The van der Waals surface area contributed by atoms with Gasteiger partial charge in [0.05, 0.1) is 11.5 Å². The van der Waals surface area contributed by atoms with Gasteiger partial charge in [-0.15, -0.1) is 0 Å². The molecule has 1 N–H and O–H groups in total. The number of benzene rings is 3. The summed E-state index contributed by atoms with van der Waals surface area (Å²) in [5.74, 6) is 0.395. The van der Waals surface area contributed by atoms with Crippen molar-refractivity contribution in [1.82, 2.24) is 9.78 Å². The standard InChI is InChI=1S/C25H20Cl2N4O4/c1-16-11-21(9-10-23(16)31(33)34)35-15-18-3-2-4-19(12-18)25(32)28-24-22(27)14-30(29-24)13-17-5-7-20(26)8-6-17/h2-12,14H,13,15H2,1H3,(H,28,29,32). The second-order valence-corrected chi connectivity index (χ2v) is 8.64. The van der Waals surface area contributed by atoms with Gasteiger partial charge in [-0.1, -0.05) is 47.5 Å². The van der Waals surface area contributed by atoms with E-state index in [4.69, 9.17) is 27.9 Å². The van der Waals surface area contributed by atoms with E-state index in [9.17, 15) is 14.9 Å². The minimum absolute atomic E-state index is 0.0327. The van der Waals surface area contributed by atoms with Crippen molar-refractivity contribution < 1.29 is 14.5 Å². The first kappa shape index (κ1) is 24.3. The molecule has 0 aliphatic rings. The van der Waals surface area contributed by atoms with Gasteiger partial charge < -0.3 is 10.1 Å². The first-order valence-corrected chi connectivity index (χ1v) is 11.3. The summed E-state index contributed by atoms with van der Waals surface area (Å²) in [6.45, 7) is 2.31. The van der Waals surface area contributed by atoms with Crippen molar-refractivity contribution in [3.05, 3.63) is 115 Å². The maximum Gasteiger partial charge on any atom is 0.272 e. The molecule has 35 heavy (non-hydrogen) atoms. The van der Waals surface area contributed by atoms with Crippen LogP contribution in [0.5, 0.6) is 5.75 Å². The van der Waals surface area contributed by atoms with Crippen LogP contribution >= 0.6 is 23.2 Å². The van der Waals surface area contributed by atoms with Crippen molar-refractivity contribution in [2.24, 2.45) is 0 Å².